The summed E-state index contributed by atoms with van der Waals surface area (Å²) in [6, 6.07) is 6.00. The average molecular weight is 263 g/mol. The summed E-state index contributed by atoms with van der Waals surface area (Å²) in [6.45, 7) is 0. The molecule has 0 fully saturated rings. The van der Waals surface area contributed by atoms with Gasteiger partial charge in [0.15, 0.2) is 0 Å². The second-order valence-corrected chi connectivity index (χ2v) is 3.85. The van der Waals surface area contributed by atoms with Gasteiger partial charge in [-0.1, -0.05) is 29.3 Å². The Morgan fingerprint density at radius 2 is 1.75 bits per heavy atom. The lowest BCUT2D eigenvalue weighted by molar-refractivity contribution is 0.143. The van der Waals surface area contributed by atoms with Gasteiger partial charge in [-0.15, -0.1) is 0 Å². The Morgan fingerprint density at radius 3 is 2.31 bits per heavy atom. The van der Waals surface area contributed by atoms with E-state index in [1.807, 2.05) is 0 Å². The maximum Gasteiger partial charge on any atom is 0.280 e. The fraction of sp³-hybridized carbons (Fsp3) is 0.100. The minimum Gasteiger partial charge on any atom is -0.229 e. The van der Waals surface area contributed by atoms with Crippen LogP contribution >= 0.6 is 23.2 Å². The van der Waals surface area contributed by atoms with Crippen LogP contribution in [0.3, 0.4) is 0 Å². The van der Waals surface area contributed by atoms with Crippen LogP contribution in [-0.4, -0.2) is 9.78 Å². The monoisotopic (exact) mass is 262 g/mol. The topological polar surface area (TPSA) is 17.8 Å². The lowest BCUT2D eigenvalue weighted by Crippen LogP contribution is -2.03. The summed E-state index contributed by atoms with van der Waals surface area (Å²) in [5.41, 5.74) is 0.0288. The number of halogens is 4. The molecule has 0 radical (unpaired) electrons. The van der Waals surface area contributed by atoms with Gasteiger partial charge in [-0.2, -0.15) is 5.10 Å². The number of benzene rings is 1. The number of hydrogen-bond donors (Lipinski definition) is 0. The first-order valence-corrected chi connectivity index (χ1v) is 5.13. The summed E-state index contributed by atoms with van der Waals surface area (Å²) in [5, 5.41) is 4.35. The molecule has 1 aromatic heterocycles. The van der Waals surface area contributed by atoms with Crippen molar-refractivity contribution >= 4 is 23.2 Å². The summed E-state index contributed by atoms with van der Waals surface area (Å²) < 4.78 is 26.4. The molecule has 16 heavy (non-hydrogen) atoms. The molecule has 2 aromatic rings. The van der Waals surface area contributed by atoms with Crippen molar-refractivity contribution in [3.63, 3.8) is 0 Å². The Balaban J connectivity index is 2.63. The molecule has 0 aliphatic carbocycles. The molecule has 0 bridgehead atoms. The molecule has 0 saturated heterocycles. The van der Waals surface area contributed by atoms with Crippen LogP contribution < -0.4 is 0 Å². The molecule has 0 spiro atoms. The average Bonchev–Trinajstić information content (AvgIpc) is 2.66. The van der Waals surface area contributed by atoms with Crippen LogP contribution in [0.15, 0.2) is 30.5 Å². The third-order valence-corrected chi connectivity index (χ3v) is 2.65. The highest BCUT2D eigenvalue weighted by Crippen LogP contribution is 2.31. The van der Waals surface area contributed by atoms with Gasteiger partial charge in [0.1, 0.15) is 11.4 Å². The third kappa shape index (κ3) is 1.90. The maximum atomic E-state index is 12.7. The molecule has 0 aliphatic rings. The van der Waals surface area contributed by atoms with E-state index in [4.69, 9.17) is 23.2 Å². The number of aromatic nitrogens is 2. The standard InChI is InChI=1S/C10H6Cl2F2N2/c11-6-2-1-3-7(12)9(6)16-8(10(13)14)4-5-15-16/h1-5,10H. The number of nitrogens with zero attached hydrogens (tertiary/aromatic N) is 2. The summed E-state index contributed by atoms with van der Waals surface area (Å²) >= 11 is 11.8. The van der Waals surface area contributed by atoms with Crippen molar-refractivity contribution in [3.8, 4) is 5.69 Å². The van der Waals surface area contributed by atoms with Gasteiger partial charge in [0.05, 0.1) is 10.0 Å². The molecule has 0 N–H and O–H groups in total. The van der Waals surface area contributed by atoms with Crippen molar-refractivity contribution in [3.05, 3.63) is 46.2 Å². The first-order chi connectivity index (χ1) is 7.61. The van der Waals surface area contributed by atoms with E-state index >= 15 is 0 Å². The van der Waals surface area contributed by atoms with E-state index in [1.165, 1.54) is 12.3 Å². The van der Waals surface area contributed by atoms with Crippen LogP contribution in [0, 0.1) is 0 Å². The molecule has 0 saturated carbocycles. The Labute approximate surface area is 100 Å². The van der Waals surface area contributed by atoms with Gasteiger partial charge in [-0.3, -0.25) is 0 Å². The summed E-state index contributed by atoms with van der Waals surface area (Å²) in [5.74, 6) is 0. The normalized spacial score (nSPS) is 11.1. The molecule has 1 aromatic carbocycles. The lowest BCUT2D eigenvalue weighted by atomic mass is 10.3. The minimum atomic E-state index is -2.63. The first kappa shape index (κ1) is 11.4. The number of hydrogen-bond acceptors (Lipinski definition) is 1. The molecule has 0 atom stereocenters. The summed E-state index contributed by atoms with van der Waals surface area (Å²) in [7, 11) is 0. The molecule has 2 rings (SSSR count). The number of rotatable bonds is 2. The summed E-state index contributed by atoms with van der Waals surface area (Å²) in [4.78, 5) is 0. The van der Waals surface area contributed by atoms with Crippen LogP contribution in [-0.2, 0) is 0 Å². The van der Waals surface area contributed by atoms with E-state index < -0.39 is 6.43 Å². The predicted molar refractivity (Wildman–Crippen MR) is 58.5 cm³/mol. The molecule has 84 valence electrons. The SMILES string of the molecule is FC(F)c1ccnn1-c1c(Cl)cccc1Cl. The second kappa shape index (κ2) is 4.39. The predicted octanol–water partition coefficient (Wildman–Crippen LogP) is 4.12. The van der Waals surface area contributed by atoms with Crippen LogP contribution in [0.1, 0.15) is 12.1 Å². The first-order valence-electron chi connectivity index (χ1n) is 4.37. The van der Waals surface area contributed by atoms with Gasteiger partial charge in [0.25, 0.3) is 6.43 Å². The zero-order chi connectivity index (χ0) is 11.7. The lowest BCUT2D eigenvalue weighted by Gasteiger charge is -2.10. The second-order valence-electron chi connectivity index (χ2n) is 3.04. The van der Waals surface area contributed by atoms with Crippen molar-refractivity contribution in [2.75, 3.05) is 0 Å². The molecule has 1 heterocycles. The van der Waals surface area contributed by atoms with Crippen LogP contribution in [0.5, 0.6) is 0 Å². The third-order valence-electron chi connectivity index (χ3n) is 2.04. The maximum absolute atomic E-state index is 12.7. The molecule has 0 aliphatic heterocycles. The van der Waals surface area contributed by atoms with Crippen LogP contribution in [0.4, 0.5) is 8.78 Å². The fourth-order valence-electron chi connectivity index (χ4n) is 1.36. The Bertz CT molecular complexity index is 491. The van der Waals surface area contributed by atoms with Gasteiger partial charge >= 0.3 is 0 Å². The van der Waals surface area contributed by atoms with Gasteiger partial charge in [-0.05, 0) is 18.2 Å². The molecule has 0 amide bonds. The fourth-order valence-corrected chi connectivity index (χ4v) is 1.91. The van der Waals surface area contributed by atoms with Crippen LogP contribution in [0.2, 0.25) is 10.0 Å². The Morgan fingerprint density at radius 1 is 1.12 bits per heavy atom. The van der Waals surface area contributed by atoms with E-state index in [0.29, 0.717) is 0 Å². The number of alkyl halides is 2. The largest absolute Gasteiger partial charge is 0.280 e. The Kier molecular flexibility index (Phi) is 3.12. The highest BCUT2D eigenvalue weighted by Gasteiger charge is 2.18. The van der Waals surface area contributed by atoms with Crippen molar-refractivity contribution < 1.29 is 8.78 Å². The van der Waals surface area contributed by atoms with Crippen molar-refractivity contribution in [1.29, 1.82) is 0 Å². The highest BCUT2D eigenvalue weighted by atomic mass is 35.5. The summed E-state index contributed by atoms with van der Waals surface area (Å²) in [6.07, 6.45) is -1.35. The number of para-hydroxylation sites is 1. The van der Waals surface area contributed by atoms with Gasteiger partial charge < -0.3 is 0 Å². The van der Waals surface area contributed by atoms with E-state index in [-0.39, 0.29) is 21.4 Å². The van der Waals surface area contributed by atoms with Gasteiger partial charge in [0.2, 0.25) is 0 Å². The molecular formula is C10H6Cl2F2N2. The zero-order valence-corrected chi connectivity index (χ0v) is 9.38. The Hall–Kier alpha value is -1.13. The van der Waals surface area contributed by atoms with Crippen molar-refractivity contribution in [1.82, 2.24) is 9.78 Å². The van der Waals surface area contributed by atoms with E-state index in [0.717, 1.165) is 4.68 Å². The molecule has 0 unspecified atom stereocenters. The molecular weight excluding hydrogens is 257 g/mol. The van der Waals surface area contributed by atoms with E-state index in [2.05, 4.69) is 5.10 Å². The molecule has 6 heteroatoms. The van der Waals surface area contributed by atoms with Crippen molar-refractivity contribution in [2.24, 2.45) is 0 Å². The van der Waals surface area contributed by atoms with Crippen molar-refractivity contribution in [2.45, 2.75) is 6.43 Å². The molecule has 2 nitrogen and oxygen atoms in total. The van der Waals surface area contributed by atoms with E-state index in [9.17, 15) is 8.78 Å². The minimum absolute atomic E-state index is 0.241. The highest BCUT2D eigenvalue weighted by molar-refractivity contribution is 6.37. The van der Waals surface area contributed by atoms with E-state index in [1.54, 1.807) is 18.2 Å². The van der Waals surface area contributed by atoms with Gasteiger partial charge in [-0.25, -0.2) is 13.5 Å². The van der Waals surface area contributed by atoms with Gasteiger partial charge in [0, 0.05) is 6.20 Å². The smallest absolute Gasteiger partial charge is 0.229 e. The zero-order valence-electron chi connectivity index (χ0n) is 7.87. The van der Waals surface area contributed by atoms with Crippen LogP contribution in [0.25, 0.3) is 5.69 Å². The quantitative estimate of drug-likeness (QED) is 0.796.